The molecule has 0 atom stereocenters. The monoisotopic (exact) mass is 190 g/mol. The summed E-state index contributed by atoms with van der Waals surface area (Å²) in [6.07, 6.45) is 0. The van der Waals surface area contributed by atoms with Crippen molar-refractivity contribution in [2.75, 3.05) is 18.1 Å². The first-order valence-corrected chi connectivity index (χ1v) is 4.38. The third-order valence-electron chi connectivity index (χ3n) is 2.29. The maximum Gasteiger partial charge on any atom is 0.148 e. The molecule has 0 bridgehead atoms. The van der Waals surface area contributed by atoms with E-state index >= 15 is 0 Å². The fourth-order valence-corrected chi connectivity index (χ4v) is 1.60. The number of fused-ring (bicyclic) bond motifs is 1. The van der Waals surface area contributed by atoms with Gasteiger partial charge in [0, 0.05) is 12.4 Å². The number of halogens is 1. The molecule has 0 unspecified atom stereocenters. The minimum absolute atomic E-state index is 0.172. The predicted octanol–water partition coefficient (Wildman–Crippen LogP) is 2.60. The van der Waals surface area contributed by atoms with Crippen LogP contribution in [0.1, 0.15) is 0 Å². The number of hydrogen-bond acceptors (Lipinski definition) is 2. The molecule has 0 radical (unpaired) electrons. The van der Waals surface area contributed by atoms with Crippen molar-refractivity contribution in [3.05, 3.63) is 36.1 Å². The van der Waals surface area contributed by atoms with E-state index in [2.05, 4.69) is 5.32 Å². The van der Waals surface area contributed by atoms with Gasteiger partial charge in [-0.25, -0.2) is 4.39 Å². The second kappa shape index (κ2) is 3.18. The molecule has 3 heteroatoms. The summed E-state index contributed by atoms with van der Waals surface area (Å²) in [6.45, 7) is 0. The van der Waals surface area contributed by atoms with Crippen molar-refractivity contribution in [2.45, 2.75) is 0 Å². The fourth-order valence-electron chi connectivity index (χ4n) is 1.60. The minimum Gasteiger partial charge on any atom is -0.395 e. The topological polar surface area (TPSA) is 38.0 Å². The molecule has 3 N–H and O–H groups in total. The number of rotatable bonds is 1. The lowest BCUT2D eigenvalue weighted by molar-refractivity contribution is 0.634. The van der Waals surface area contributed by atoms with Crippen molar-refractivity contribution in [2.24, 2.45) is 0 Å². The average Bonchev–Trinajstić information content (AvgIpc) is 2.20. The van der Waals surface area contributed by atoms with E-state index in [0.717, 1.165) is 10.8 Å². The highest BCUT2D eigenvalue weighted by Gasteiger charge is 2.08. The van der Waals surface area contributed by atoms with Crippen LogP contribution in [0.5, 0.6) is 0 Å². The molecule has 2 aromatic rings. The van der Waals surface area contributed by atoms with E-state index in [1.54, 1.807) is 7.05 Å². The van der Waals surface area contributed by atoms with Crippen LogP contribution >= 0.6 is 0 Å². The predicted molar refractivity (Wildman–Crippen MR) is 57.9 cm³/mol. The highest BCUT2D eigenvalue weighted by atomic mass is 19.1. The molecule has 0 saturated carbocycles. The van der Waals surface area contributed by atoms with E-state index in [4.69, 9.17) is 5.73 Å². The standard InChI is InChI=1S/C11H11FN2/c1-14-11-8-5-3-2-4-7(8)6-9(12)10(11)13/h2-6,14H,13H2,1H3. The van der Waals surface area contributed by atoms with Crippen molar-refractivity contribution >= 4 is 22.1 Å². The van der Waals surface area contributed by atoms with E-state index in [1.165, 1.54) is 6.07 Å². The summed E-state index contributed by atoms with van der Waals surface area (Å²) in [6, 6.07) is 9.00. The molecule has 0 aliphatic heterocycles. The van der Waals surface area contributed by atoms with Crippen molar-refractivity contribution in [1.29, 1.82) is 0 Å². The number of benzene rings is 2. The van der Waals surface area contributed by atoms with Crippen LogP contribution < -0.4 is 11.1 Å². The summed E-state index contributed by atoms with van der Waals surface area (Å²) in [5.41, 5.74) is 6.45. The zero-order valence-electron chi connectivity index (χ0n) is 7.84. The zero-order valence-corrected chi connectivity index (χ0v) is 7.84. The number of nitrogens with two attached hydrogens (primary N) is 1. The molecule has 0 aliphatic carbocycles. The van der Waals surface area contributed by atoms with Gasteiger partial charge in [0.15, 0.2) is 0 Å². The highest BCUT2D eigenvalue weighted by molar-refractivity contribution is 5.99. The maximum atomic E-state index is 13.3. The molecule has 0 amide bonds. The summed E-state index contributed by atoms with van der Waals surface area (Å²) >= 11 is 0. The molecule has 2 nitrogen and oxygen atoms in total. The van der Waals surface area contributed by atoms with Crippen LogP contribution in [0, 0.1) is 5.82 Å². The molecule has 0 aromatic heterocycles. The average molecular weight is 190 g/mol. The molecule has 2 aromatic carbocycles. The Hall–Kier alpha value is -1.77. The van der Waals surface area contributed by atoms with E-state index in [-0.39, 0.29) is 11.5 Å². The fraction of sp³-hybridized carbons (Fsp3) is 0.0909. The lowest BCUT2D eigenvalue weighted by Gasteiger charge is -2.09. The van der Waals surface area contributed by atoms with Gasteiger partial charge in [0.25, 0.3) is 0 Å². The molecular weight excluding hydrogens is 179 g/mol. The maximum absolute atomic E-state index is 13.3. The summed E-state index contributed by atoms with van der Waals surface area (Å²) in [5, 5.41) is 4.70. The number of nitrogens with one attached hydrogen (secondary N) is 1. The lowest BCUT2D eigenvalue weighted by Crippen LogP contribution is -1.99. The Balaban J connectivity index is 2.89. The van der Waals surface area contributed by atoms with Crippen LogP contribution in [0.25, 0.3) is 10.8 Å². The zero-order chi connectivity index (χ0) is 10.1. The van der Waals surface area contributed by atoms with E-state index in [9.17, 15) is 4.39 Å². The van der Waals surface area contributed by atoms with Gasteiger partial charge in [-0.05, 0) is 11.5 Å². The van der Waals surface area contributed by atoms with Crippen molar-refractivity contribution in [3.8, 4) is 0 Å². The Bertz CT molecular complexity index is 480. The molecule has 0 spiro atoms. The first-order valence-electron chi connectivity index (χ1n) is 4.38. The van der Waals surface area contributed by atoms with Gasteiger partial charge in [0.1, 0.15) is 5.82 Å². The van der Waals surface area contributed by atoms with Crippen LogP contribution in [0.4, 0.5) is 15.8 Å². The summed E-state index contributed by atoms with van der Waals surface area (Å²) < 4.78 is 13.3. The minimum atomic E-state index is -0.381. The Morgan fingerprint density at radius 3 is 2.71 bits per heavy atom. The van der Waals surface area contributed by atoms with E-state index in [0.29, 0.717) is 5.69 Å². The van der Waals surface area contributed by atoms with Gasteiger partial charge in [-0.2, -0.15) is 0 Å². The van der Waals surface area contributed by atoms with Gasteiger partial charge >= 0.3 is 0 Å². The Morgan fingerprint density at radius 2 is 2.00 bits per heavy atom. The number of nitrogen functional groups attached to an aromatic ring is 1. The largest absolute Gasteiger partial charge is 0.395 e. The molecule has 14 heavy (non-hydrogen) atoms. The lowest BCUT2D eigenvalue weighted by atomic mass is 10.1. The van der Waals surface area contributed by atoms with Gasteiger partial charge in [0.2, 0.25) is 0 Å². The molecule has 0 saturated heterocycles. The quantitative estimate of drug-likeness (QED) is 0.678. The summed E-state index contributed by atoms with van der Waals surface area (Å²) in [4.78, 5) is 0. The molecule has 0 fully saturated rings. The SMILES string of the molecule is CNc1c(N)c(F)cc2ccccc12. The van der Waals surface area contributed by atoms with Crippen LogP contribution in [0.15, 0.2) is 30.3 Å². The molecule has 0 heterocycles. The Morgan fingerprint density at radius 1 is 1.29 bits per heavy atom. The number of anilines is 2. The summed E-state index contributed by atoms with van der Waals surface area (Å²) in [7, 11) is 1.73. The van der Waals surface area contributed by atoms with Gasteiger partial charge < -0.3 is 11.1 Å². The van der Waals surface area contributed by atoms with Gasteiger partial charge in [0.05, 0.1) is 11.4 Å². The van der Waals surface area contributed by atoms with Crippen molar-refractivity contribution in [1.82, 2.24) is 0 Å². The smallest absolute Gasteiger partial charge is 0.148 e. The third kappa shape index (κ3) is 1.18. The highest BCUT2D eigenvalue weighted by Crippen LogP contribution is 2.31. The third-order valence-corrected chi connectivity index (χ3v) is 2.29. The van der Waals surface area contributed by atoms with Crippen LogP contribution in [0.2, 0.25) is 0 Å². The normalized spacial score (nSPS) is 10.4. The first kappa shape index (κ1) is 8.81. The first-order chi connectivity index (χ1) is 6.74. The number of hydrogen-bond donors (Lipinski definition) is 2. The summed E-state index contributed by atoms with van der Waals surface area (Å²) in [5.74, 6) is -0.381. The van der Waals surface area contributed by atoms with Gasteiger partial charge in [-0.15, -0.1) is 0 Å². The van der Waals surface area contributed by atoms with Crippen molar-refractivity contribution in [3.63, 3.8) is 0 Å². The second-order valence-electron chi connectivity index (χ2n) is 3.12. The molecule has 0 aliphatic rings. The van der Waals surface area contributed by atoms with Crippen molar-refractivity contribution < 1.29 is 4.39 Å². The van der Waals surface area contributed by atoms with Gasteiger partial charge in [-0.3, -0.25) is 0 Å². The Kier molecular flexibility index (Phi) is 2.00. The van der Waals surface area contributed by atoms with Gasteiger partial charge in [-0.1, -0.05) is 24.3 Å². The van der Waals surface area contributed by atoms with E-state index < -0.39 is 0 Å². The van der Waals surface area contributed by atoms with Crippen LogP contribution in [-0.4, -0.2) is 7.05 Å². The molecular formula is C11H11FN2. The van der Waals surface area contributed by atoms with Crippen LogP contribution in [0.3, 0.4) is 0 Å². The molecule has 2 rings (SSSR count). The van der Waals surface area contributed by atoms with E-state index in [1.807, 2.05) is 24.3 Å². The second-order valence-corrected chi connectivity index (χ2v) is 3.12. The Labute approximate surface area is 81.5 Å². The molecule has 72 valence electrons. The van der Waals surface area contributed by atoms with Crippen LogP contribution in [-0.2, 0) is 0 Å².